The van der Waals surface area contributed by atoms with Crippen LogP contribution in [0.15, 0.2) is 18.6 Å². The number of hydrogen-bond acceptors (Lipinski definition) is 3. The van der Waals surface area contributed by atoms with Crippen LogP contribution < -0.4 is 0 Å². The van der Waals surface area contributed by atoms with Crippen molar-refractivity contribution in [3.8, 4) is 0 Å². The van der Waals surface area contributed by atoms with Gasteiger partial charge in [-0.3, -0.25) is 4.98 Å². The highest BCUT2D eigenvalue weighted by molar-refractivity contribution is 5.81. The van der Waals surface area contributed by atoms with Crippen LogP contribution in [0.2, 0.25) is 0 Å². The molecular formula is C9H9N3. The van der Waals surface area contributed by atoms with E-state index >= 15 is 0 Å². The minimum atomic E-state index is 0.949. The van der Waals surface area contributed by atoms with Crippen molar-refractivity contribution >= 4 is 10.9 Å². The van der Waals surface area contributed by atoms with Gasteiger partial charge < -0.3 is 0 Å². The third-order valence-corrected chi connectivity index (χ3v) is 1.94. The topological polar surface area (TPSA) is 38.7 Å². The molecule has 0 aliphatic heterocycles. The summed E-state index contributed by atoms with van der Waals surface area (Å²) < 4.78 is 0. The van der Waals surface area contributed by atoms with Gasteiger partial charge in [0, 0.05) is 17.3 Å². The van der Waals surface area contributed by atoms with Crippen LogP contribution in [0.25, 0.3) is 10.9 Å². The Morgan fingerprint density at radius 2 is 1.83 bits per heavy atom. The van der Waals surface area contributed by atoms with Crippen molar-refractivity contribution < 1.29 is 0 Å². The van der Waals surface area contributed by atoms with Crippen molar-refractivity contribution in [1.82, 2.24) is 15.0 Å². The van der Waals surface area contributed by atoms with E-state index in [1.54, 1.807) is 12.5 Å². The maximum absolute atomic E-state index is 4.17. The molecule has 0 amide bonds. The largest absolute Gasteiger partial charge is 0.259 e. The monoisotopic (exact) mass is 159 g/mol. The lowest BCUT2D eigenvalue weighted by atomic mass is 10.2. The van der Waals surface area contributed by atoms with Gasteiger partial charge in [0.05, 0.1) is 11.2 Å². The Hall–Kier alpha value is -1.51. The molecule has 0 aliphatic rings. The van der Waals surface area contributed by atoms with E-state index in [9.17, 15) is 0 Å². The molecule has 0 fully saturated rings. The number of aromatic nitrogens is 3. The first-order chi connectivity index (χ1) is 5.79. The van der Waals surface area contributed by atoms with Crippen molar-refractivity contribution in [2.75, 3.05) is 0 Å². The van der Waals surface area contributed by atoms with Crippen LogP contribution in [-0.2, 0) is 0 Å². The molecule has 0 radical (unpaired) electrons. The molecule has 0 atom stereocenters. The molecule has 60 valence electrons. The Labute approximate surface area is 70.5 Å². The van der Waals surface area contributed by atoms with E-state index in [1.807, 2.05) is 19.9 Å². The zero-order valence-electron chi connectivity index (χ0n) is 7.07. The molecule has 3 heteroatoms. The first-order valence-corrected chi connectivity index (χ1v) is 3.82. The molecule has 2 aromatic heterocycles. The SMILES string of the molecule is Cc1ncnc2c(C)nccc12. The summed E-state index contributed by atoms with van der Waals surface area (Å²) in [5.74, 6) is 0. The zero-order valence-corrected chi connectivity index (χ0v) is 7.07. The molecule has 12 heavy (non-hydrogen) atoms. The molecule has 0 unspecified atom stereocenters. The summed E-state index contributed by atoms with van der Waals surface area (Å²) >= 11 is 0. The molecule has 0 aliphatic carbocycles. The quantitative estimate of drug-likeness (QED) is 0.586. The summed E-state index contributed by atoms with van der Waals surface area (Å²) in [7, 11) is 0. The van der Waals surface area contributed by atoms with Gasteiger partial charge in [0.15, 0.2) is 0 Å². The van der Waals surface area contributed by atoms with E-state index in [-0.39, 0.29) is 0 Å². The first-order valence-electron chi connectivity index (χ1n) is 3.82. The van der Waals surface area contributed by atoms with Gasteiger partial charge in [0.2, 0.25) is 0 Å². The van der Waals surface area contributed by atoms with Crippen LogP contribution in [0.4, 0.5) is 0 Å². The van der Waals surface area contributed by atoms with Gasteiger partial charge in [-0.25, -0.2) is 9.97 Å². The second-order valence-electron chi connectivity index (χ2n) is 2.75. The highest BCUT2D eigenvalue weighted by Gasteiger charge is 2.00. The highest BCUT2D eigenvalue weighted by atomic mass is 14.8. The standard InChI is InChI=1S/C9H9N3/c1-6-8-3-4-10-7(2)9(8)12-5-11-6/h3-5H,1-2H3. The van der Waals surface area contributed by atoms with Crippen LogP contribution in [-0.4, -0.2) is 15.0 Å². The lowest BCUT2D eigenvalue weighted by Crippen LogP contribution is -1.91. The number of nitrogens with zero attached hydrogens (tertiary/aromatic N) is 3. The van der Waals surface area contributed by atoms with Gasteiger partial charge in [0.25, 0.3) is 0 Å². The minimum Gasteiger partial charge on any atom is -0.259 e. The number of fused-ring (bicyclic) bond motifs is 1. The van der Waals surface area contributed by atoms with Gasteiger partial charge in [-0.05, 0) is 19.9 Å². The Kier molecular flexibility index (Phi) is 1.50. The number of rotatable bonds is 0. The lowest BCUT2D eigenvalue weighted by Gasteiger charge is -2.00. The average Bonchev–Trinajstić information content (AvgIpc) is 2.07. The van der Waals surface area contributed by atoms with Crippen LogP contribution in [0.3, 0.4) is 0 Å². The lowest BCUT2D eigenvalue weighted by molar-refractivity contribution is 1.12. The van der Waals surface area contributed by atoms with E-state index in [0.29, 0.717) is 0 Å². The van der Waals surface area contributed by atoms with Gasteiger partial charge in [-0.15, -0.1) is 0 Å². The van der Waals surface area contributed by atoms with E-state index in [1.165, 1.54) is 0 Å². The summed E-state index contributed by atoms with van der Waals surface area (Å²) in [6.45, 7) is 3.93. The number of hydrogen-bond donors (Lipinski definition) is 0. The highest BCUT2D eigenvalue weighted by Crippen LogP contribution is 2.14. The number of aryl methyl sites for hydroxylation is 2. The van der Waals surface area contributed by atoms with Gasteiger partial charge in [-0.1, -0.05) is 0 Å². The Morgan fingerprint density at radius 3 is 2.58 bits per heavy atom. The maximum atomic E-state index is 4.17. The van der Waals surface area contributed by atoms with Gasteiger partial charge in [-0.2, -0.15) is 0 Å². The fraction of sp³-hybridized carbons (Fsp3) is 0.222. The van der Waals surface area contributed by atoms with Crippen molar-refractivity contribution in [3.05, 3.63) is 30.0 Å². The molecule has 0 N–H and O–H groups in total. The molecular weight excluding hydrogens is 150 g/mol. The first kappa shape index (κ1) is 7.16. The molecule has 0 bridgehead atoms. The second-order valence-corrected chi connectivity index (χ2v) is 2.75. The summed E-state index contributed by atoms with van der Waals surface area (Å²) in [4.78, 5) is 12.4. The molecule has 0 spiro atoms. The fourth-order valence-electron chi connectivity index (χ4n) is 1.26. The molecule has 0 saturated heterocycles. The van der Waals surface area contributed by atoms with E-state index in [4.69, 9.17) is 0 Å². The fourth-order valence-corrected chi connectivity index (χ4v) is 1.26. The van der Waals surface area contributed by atoms with Crippen LogP contribution in [0, 0.1) is 13.8 Å². The van der Waals surface area contributed by atoms with Gasteiger partial charge >= 0.3 is 0 Å². The normalized spacial score (nSPS) is 10.5. The third-order valence-electron chi connectivity index (χ3n) is 1.94. The maximum Gasteiger partial charge on any atom is 0.116 e. The van der Waals surface area contributed by atoms with Crippen molar-refractivity contribution in [1.29, 1.82) is 0 Å². The van der Waals surface area contributed by atoms with Crippen LogP contribution >= 0.6 is 0 Å². The van der Waals surface area contributed by atoms with Gasteiger partial charge in [0.1, 0.15) is 6.33 Å². The molecule has 2 rings (SSSR count). The summed E-state index contributed by atoms with van der Waals surface area (Å²) in [6.07, 6.45) is 3.36. The van der Waals surface area contributed by atoms with E-state index < -0.39 is 0 Å². The molecule has 2 heterocycles. The Bertz CT molecular complexity index is 382. The zero-order chi connectivity index (χ0) is 8.55. The molecule has 2 aromatic rings. The molecule has 3 nitrogen and oxygen atoms in total. The number of pyridine rings is 1. The van der Waals surface area contributed by atoms with Crippen molar-refractivity contribution in [2.45, 2.75) is 13.8 Å². The Balaban J connectivity index is 2.94. The van der Waals surface area contributed by atoms with E-state index in [0.717, 1.165) is 22.3 Å². The summed E-state index contributed by atoms with van der Waals surface area (Å²) in [6, 6.07) is 1.94. The second kappa shape index (κ2) is 2.52. The van der Waals surface area contributed by atoms with Crippen molar-refractivity contribution in [2.24, 2.45) is 0 Å². The van der Waals surface area contributed by atoms with Crippen molar-refractivity contribution in [3.63, 3.8) is 0 Å². The minimum absolute atomic E-state index is 0.949. The summed E-state index contributed by atoms with van der Waals surface area (Å²) in [5.41, 5.74) is 2.91. The summed E-state index contributed by atoms with van der Waals surface area (Å²) in [5, 5.41) is 1.09. The van der Waals surface area contributed by atoms with Crippen LogP contribution in [0.1, 0.15) is 11.4 Å². The third kappa shape index (κ3) is 0.942. The predicted molar refractivity (Wildman–Crippen MR) is 46.8 cm³/mol. The Morgan fingerprint density at radius 1 is 1.00 bits per heavy atom. The van der Waals surface area contributed by atoms with Crippen LogP contribution in [0.5, 0.6) is 0 Å². The smallest absolute Gasteiger partial charge is 0.116 e. The molecule has 0 aromatic carbocycles. The molecule has 0 saturated carbocycles. The predicted octanol–water partition coefficient (Wildman–Crippen LogP) is 1.64. The average molecular weight is 159 g/mol. The van der Waals surface area contributed by atoms with E-state index in [2.05, 4.69) is 15.0 Å².